The molecule has 0 aliphatic carbocycles. The number of hydrogen-bond acceptors (Lipinski definition) is 5. The Morgan fingerprint density at radius 3 is 3.00 bits per heavy atom. The van der Waals surface area contributed by atoms with Crippen molar-refractivity contribution in [1.29, 1.82) is 0 Å². The summed E-state index contributed by atoms with van der Waals surface area (Å²) in [4.78, 5) is 7.80. The van der Waals surface area contributed by atoms with E-state index in [1.807, 2.05) is 0 Å². The van der Waals surface area contributed by atoms with E-state index in [2.05, 4.69) is 15.1 Å². The lowest BCUT2D eigenvalue weighted by Gasteiger charge is -1.88. The van der Waals surface area contributed by atoms with Gasteiger partial charge in [-0.15, -0.1) is 0 Å². The van der Waals surface area contributed by atoms with Crippen LogP contribution < -0.4 is 5.73 Å². The standard InChI is InChI=1S/C5H5N5S/c6-4-1-8-5(11-4)10-3-7-2-9-10/h1-3H,6H2. The number of rotatable bonds is 1. The molecule has 0 radical (unpaired) electrons. The lowest BCUT2D eigenvalue weighted by Crippen LogP contribution is -1.91. The van der Waals surface area contributed by atoms with Crippen molar-refractivity contribution in [1.82, 2.24) is 19.7 Å². The minimum Gasteiger partial charge on any atom is -0.389 e. The number of nitrogens with zero attached hydrogens (tertiary/aromatic N) is 4. The lowest BCUT2D eigenvalue weighted by atomic mass is 10.9. The van der Waals surface area contributed by atoms with Gasteiger partial charge in [0.15, 0.2) is 0 Å². The molecule has 2 heterocycles. The van der Waals surface area contributed by atoms with Crippen LogP contribution in [0.2, 0.25) is 0 Å². The first-order valence-electron chi connectivity index (χ1n) is 2.92. The molecule has 0 amide bonds. The maximum Gasteiger partial charge on any atom is 0.213 e. The number of anilines is 1. The number of thiazole rings is 1. The Kier molecular flexibility index (Phi) is 1.32. The molecule has 5 nitrogen and oxygen atoms in total. The van der Waals surface area contributed by atoms with E-state index >= 15 is 0 Å². The molecule has 11 heavy (non-hydrogen) atoms. The molecule has 0 bridgehead atoms. The normalized spacial score (nSPS) is 10.2. The molecule has 2 aromatic heterocycles. The van der Waals surface area contributed by atoms with Crippen LogP contribution in [-0.2, 0) is 0 Å². The third-order valence-corrected chi connectivity index (χ3v) is 1.94. The van der Waals surface area contributed by atoms with Crippen molar-refractivity contribution in [3.8, 4) is 5.13 Å². The van der Waals surface area contributed by atoms with Gasteiger partial charge in [0, 0.05) is 0 Å². The molecule has 0 aromatic carbocycles. The van der Waals surface area contributed by atoms with Crippen LogP contribution in [0.25, 0.3) is 5.13 Å². The van der Waals surface area contributed by atoms with E-state index in [4.69, 9.17) is 5.73 Å². The summed E-state index contributed by atoms with van der Waals surface area (Å²) in [6.45, 7) is 0. The zero-order valence-corrected chi connectivity index (χ0v) is 6.32. The van der Waals surface area contributed by atoms with E-state index in [1.54, 1.807) is 17.2 Å². The summed E-state index contributed by atoms with van der Waals surface area (Å²) in [6, 6.07) is 0. The van der Waals surface area contributed by atoms with Gasteiger partial charge >= 0.3 is 0 Å². The SMILES string of the molecule is Nc1cnc(-n2cncn2)s1. The van der Waals surface area contributed by atoms with Crippen molar-refractivity contribution < 1.29 is 0 Å². The number of aromatic nitrogens is 4. The van der Waals surface area contributed by atoms with Crippen molar-refractivity contribution in [2.75, 3.05) is 5.73 Å². The van der Waals surface area contributed by atoms with Gasteiger partial charge in [0.05, 0.1) is 6.20 Å². The van der Waals surface area contributed by atoms with Crippen molar-refractivity contribution >= 4 is 16.3 Å². The fourth-order valence-electron chi connectivity index (χ4n) is 0.690. The van der Waals surface area contributed by atoms with E-state index in [1.165, 1.54) is 17.7 Å². The van der Waals surface area contributed by atoms with Crippen LogP contribution in [0.5, 0.6) is 0 Å². The van der Waals surface area contributed by atoms with Crippen molar-refractivity contribution in [3.05, 3.63) is 18.9 Å². The van der Waals surface area contributed by atoms with E-state index in [0.29, 0.717) is 5.00 Å². The molecule has 2 rings (SSSR count). The maximum atomic E-state index is 5.48. The minimum atomic E-state index is 0.676. The fourth-order valence-corrected chi connectivity index (χ4v) is 1.30. The predicted octanol–water partition coefficient (Wildman–Crippen LogP) is 0.306. The van der Waals surface area contributed by atoms with E-state index in [0.717, 1.165) is 5.13 Å². The molecule has 2 aromatic rings. The van der Waals surface area contributed by atoms with Crippen LogP contribution in [0.15, 0.2) is 18.9 Å². The van der Waals surface area contributed by atoms with Gasteiger partial charge in [-0.25, -0.2) is 9.97 Å². The summed E-state index contributed by atoms with van der Waals surface area (Å²) < 4.78 is 1.57. The molecular weight excluding hydrogens is 162 g/mol. The smallest absolute Gasteiger partial charge is 0.213 e. The van der Waals surface area contributed by atoms with Gasteiger partial charge in [-0.05, 0) is 0 Å². The Hall–Kier alpha value is -1.43. The third kappa shape index (κ3) is 1.07. The average Bonchev–Trinajstić information content (AvgIpc) is 2.55. The van der Waals surface area contributed by atoms with E-state index in [9.17, 15) is 0 Å². The van der Waals surface area contributed by atoms with Gasteiger partial charge in [0.25, 0.3) is 0 Å². The zero-order valence-electron chi connectivity index (χ0n) is 5.51. The molecule has 0 fully saturated rings. The molecular formula is C5H5N5S. The number of nitrogen functional groups attached to an aromatic ring is 1. The van der Waals surface area contributed by atoms with E-state index in [-0.39, 0.29) is 0 Å². The Balaban J connectivity index is 2.45. The Morgan fingerprint density at radius 1 is 1.55 bits per heavy atom. The fraction of sp³-hybridized carbons (Fsp3) is 0. The summed E-state index contributed by atoms with van der Waals surface area (Å²) >= 11 is 1.37. The van der Waals surface area contributed by atoms with Gasteiger partial charge in [-0.1, -0.05) is 11.3 Å². The second kappa shape index (κ2) is 2.31. The molecule has 0 aliphatic heterocycles. The van der Waals surface area contributed by atoms with Crippen molar-refractivity contribution in [2.24, 2.45) is 0 Å². The third-order valence-electron chi connectivity index (χ3n) is 1.13. The van der Waals surface area contributed by atoms with Gasteiger partial charge in [-0.3, -0.25) is 0 Å². The van der Waals surface area contributed by atoms with Crippen LogP contribution in [0.1, 0.15) is 0 Å². The summed E-state index contributed by atoms with van der Waals surface area (Å²) in [5.74, 6) is 0. The van der Waals surface area contributed by atoms with Crippen LogP contribution in [-0.4, -0.2) is 19.7 Å². The quantitative estimate of drug-likeness (QED) is 0.663. The Bertz CT molecular complexity index is 337. The van der Waals surface area contributed by atoms with Crippen LogP contribution in [0.3, 0.4) is 0 Å². The molecule has 6 heteroatoms. The molecule has 0 saturated heterocycles. The first-order valence-corrected chi connectivity index (χ1v) is 3.74. The lowest BCUT2D eigenvalue weighted by molar-refractivity contribution is 0.868. The molecule has 2 N–H and O–H groups in total. The maximum absolute atomic E-state index is 5.48. The Morgan fingerprint density at radius 2 is 2.45 bits per heavy atom. The molecule has 0 spiro atoms. The van der Waals surface area contributed by atoms with Crippen molar-refractivity contribution in [2.45, 2.75) is 0 Å². The van der Waals surface area contributed by atoms with Crippen molar-refractivity contribution in [3.63, 3.8) is 0 Å². The summed E-state index contributed by atoms with van der Waals surface area (Å²) in [5, 5.41) is 5.31. The van der Waals surface area contributed by atoms with Gasteiger partial charge in [0.2, 0.25) is 5.13 Å². The first kappa shape index (κ1) is 6.29. The van der Waals surface area contributed by atoms with E-state index < -0.39 is 0 Å². The van der Waals surface area contributed by atoms with Gasteiger partial charge < -0.3 is 5.73 Å². The summed E-state index contributed by atoms with van der Waals surface area (Å²) in [7, 11) is 0. The van der Waals surface area contributed by atoms with Crippen LogP contribution >= 0.6 is 11.3 Å². The monoisotopic (exact) mass is 167 g/mol. The minimum absolute atomic E-state index is 0.676. The predicted molar refractivity (Wildman–Crippen MR) is 41.4 cm³/mol. The molecule has 0 saturated carbocycles. The molecule has 0 aliphatic rings. The number of nitrogens with two attached hydrogens (primary N) is 1. The molecule has 0 atom stereocenters. The van der Waals surface area contributed by atoms with Gasteiger partial charge in [-0.2, -0.15) is 9.78 Å². The second-order valence-electron chi connectivity index (χ2n) is 1.89. The highest BCUT2D eigenvalue weighted by Gasteiger charge is 2.00. The highest BCUT2D eigenvalue weighted by molar-refractivity contribution is 7.17. The number of hydrogen-bond donors (Lipinski definition) is 1. The summed E-state index contributed by atoms with van der Waals surface area (Å²) in [5.41, 5.74) is 5.48. The van der Waals surface area contributed by atoms with Crippen LogP contribution in [0.4, 0.5) is 5.00 Å². The molecule has 56 valence electrons. The van der Waals surface area contributed by atoms with Crippen LogP contribution in [0, 0.1) is 0 Å². The first-order chi connectivity index (χ1) is 5.36. The summed E-state index contributed by atoms with van der Waals surface area (Å²) in [6.07, 6.45) is 4.64. The second-order valence-corrected chi connectivity index (χ2v) is 2.93. The largest absolute Gasteiger partial charge is 0.389 e. The zero-order chi connectivity index (χ0) is 7.68. The highest BCUT2D eigenvalue weighted by atomic mass is 32.1. The molecule has 0 unspecified atom stereocenters. The average molecular weight is 167 g/mol. The van der Waals surface area contributed by atoms with Gasteiger partial charge in [0.1, 0.15) is 17.7 Å². The topological polar surface area (TPSA) is 69.6 Å². The highest BCUT2D eigenvalue weighted by Crippen LogP contribution is 2.16. The Labute approximate surface area is 66.5 Å².